The summed E-state index contributed by atoms with van der Waals surface area (Å²) >= 11 is 0. The molecule has 1 aromatic carbocycles. The Balaban J connectivity index is 1.71. The molecule has 1 aromatic rings. The van der Waals surface area contributed by atoms with Crippen molar-refractivity contribution in [2.75, 3.05) is 29.0 Å². The molecule has 2 N–H and O–H groups in total. The second-order valence-corrected chi connectivity index (χ2v) is 8.55. The summed E-state index contributed by atoms with van der Waals surface area (Å²) in [7, 11) is -1.88. The van der Waals surface area contributed by atoms with E-state index in [-0.39, 0.29) is 11.8 Å². The van der Waals surface area contributed by atoms with Crippen LogP contribution in [0.4, 0.5) is 11.4 Å². The summed E-state index contributed by atoms with van der Waals surface area (Å²) in [4.78, 5) is 24.1. The number of nitrogens with zero attached hydrogens (tertiary/aromatic N) is 1. The van der Waals surface area contributed by atoms with E-state index in [1.54, 1.807) is 18.2 Å². The molecular weight excluding hydrogens is 358 g/mol. The maximum Gasteiger partial charge on any atom is 0.313 e. The molecule has 2 aliphatic rings. The Morgan fingerprint density at radius 2 is 1.88 bits per heavy atom. The number of anilines is 2. The first kappa shape index (κ1) is 18.5. The molecule has 2 amide bonds. The van der Waals surface area contributed by atoms with Gasteiger partial charge in [-0.25, -0.2) is 8.42 Å². The van der Waals surface area contributed by atoms with Gasteiger partial charge in [0.2, 0.25) is 10.0 Å². The van der Waals surface area contributed by atoms with Crippen molar-refractivity contribution >= 4 is 33.2 Å². The molecule has 3 rings (SSSR count). The van der Waals surface area contributed by atoms with E-state index in [0.29, 0.717) is 30.1 Å². The summed E-state index contributed by atoms with van der Waals surface area (Å²) in [6.07, 6.45) is 4.47. The molecule has 2 fully saturated rings. The molecule has 1 aliphatic heterocycles. The lowest BCUT2D eigenvalue weighted by molar-refractivity contribution is -0.136. The fourth-order valence-electron chi connectivity index (χ4n) is 3.37. The van der Waals surface area contributed by atoms with Gasteiger partial charge >= 0.3 is 11.8 Å². The highest BCUT2D eigenvalue weighted by Crippen LogP contribution is 2.32. The van der Waals surface area contributed by atoms with Crippen molar-refractivity contribution in [2.24, 2.45) is 0 Å². The number of carbonyl (C=O) groups excluding carboxylic acids is 2. The SMILES string of the molecule is COc1cc(N2CCCS2(=O)=O)ccc1NC(=O)C(=O)NC1CCCC1. The van der Waals surface area contributed by atoms with Crippen LogP contribution in [0.1, 0.15) is 32.1 Å². The molecule has 1 saturated carbocycles. The molecule has 9 heteroatoms. The van der Waals surface area contributed by atoms with Gasteiger partial charge in [0, 0.05) is 18.7 Å². The van der Waals surface area contributed by atoms with Crippen molar-refractivity contribution in [1.29, 1.82) is 0 Å². The number of amides is 2. The number of hydrogen-bond acceptors (Lipinski definition) is 5. The van der Waals surface area contributed by atoms with E-state index >= 15 is 0 Å². The lowest BCUT2D eigenvalue weighted by atomic mass is 10.2. The van der Waals surface area contributed by atoms with Crippen LogP contribution in [0.2, 0.25) is 0 Å². The van der Waals surface area contributed by atoms with Crippen molar-refractivity contribution in [3.8, 4) is 5.75 Å². The number of benzene rings is 1. The third-order valence-corrected chi connectivity index (χ3v) is 6.59. The molecule has 142 valence electrons. The van der Waals surface area contributed by atoms with Gasteiger partial charge in [-0.3, -0.25) is 13.9 Å². The van der Waals surface area contributed by atoms with Gasteiger partial charge in [-0.15, -0.1) is 0 Å². The fraction of sp³-hybridized carbons (Fsp3) is 0.529. The number of carbonyl (C=O) groups is 2. The zero-order valence-corrected chi connectivity index (χ0v) is 15.5. The molecule has 1 saturated heterocycles. The summed E-state index contributed by atoms with van der Waals surface area (Å²) in [6, 6.07) is 4.74. The van der Waals surface area contributed by atoms with E-state index < -0.39 is 21.8 Å². The van der Waals surface area contributed by atoms with E-state index in [1.165, 1.54) is 11.4 Å². The highest BCUT2D eigenvalue weighted by molar-refractivity contribution is 7.93. The van der Waals surface area contributed by atoms with Crippen molar-refractivity contribution in [1.82, 2.24) is 5.32 Å². The van der Waals surface area contributed by atoms with E-state index in [1.807, 2.05) is 0 Å². The van der Waals surface area contributed by atoms with E-state index in [9.17, 15) is 18.0 Å². The molecule has 0 radical (unpaired) electrons. The summed E-state index contributed by atoms with van der Waals surface area (Å²) in [5.74, 6) is -1.02. The van der Waals surface area contributed by atoms with Crippen LogP contribution in [0.5, 0.6) is 5.75 Å². The van der Waals surface area contributed by atoms with Crippen molar-refractivity contribution in [3.05, 3.63) is 18.2 Å². The van der Waals surface area contributed by atoms with Crippen LogP contribution in [-0.4, -0.2) is 45.7 Å². The molecule has 8 nitrogen and oxygen atoms in total. The van der Waals surface area contributed by atoms with Crippen LogP contribution >= 0.6 is 0 Å². The van der Waals surface area contributed by atoms with Gasteiger partial charge in [-0.2, -0.15) is 0 Å². The van der Waals surface area contributed by atoms with Gasteiger partial charge in [-0.05, 0) is 31.4 Å². The van der Waals surface area contributed by atoms with E-state index in [0.717, 1.165) is 25.7 Å². The lowest BCUT2D eigenvalue weighted by Gasteiger charge is -2.19. The predicted octanol–water partition coefficient (Wildman–Crippen LogP) is 1.23. The lowest BCUT2D eigenvalue weighted by Crippen LogP contribution is -2.40. The van der Waals surface area contributed by atoms with Gasteiger partial charge < -0.3 is 15.4 Å². The second kappa shape index (κ2) is 7.53. The van der Waals surface area contributed by atoms with Gasteiger partial charge in [0.25, 0.3) is 0 Å². The van der Waals surface area contributed by atoms with Gasteiger partial charge in [-0.1, -0.05) is 12.8 Å². The van der Waals surface area contributed by atoms with Crippen LogP contribution < -0.4 is 19.7 Å². The average Bonchev–Trinajstić information content (AvgIpc) is 3.24. The number of hydrogen-bond donors (Lipinski definition) is 2. The van der Waals surface area contributed by atoms with E-state index in [2.05, 4.69) is 10.6 Å². The Morgan fingerprint density at radius 3 is 2.50 bits per heavy atom. The van der Waals surface area contributed by atoms with Gasteiger partial charge in [0.15, 0.2) is 0 Å². The molecule has 1 heterocycles. The number of nitrogens with one attached hydrogen (secondary N) is 2. The summed E-state index contributed by atoms with van der Waals surface area (Å²) in [6.45, 7) is 0.418. The Kier molecular flexibility index (Phi) is 5.36. The standard InChI is InChI=1S/C17H23N3O5S/c1-25-15-11-13(20-9-4-10-26(20,23)24)7-8-14(15)19-17(22)16(21)18-12-5-2-3-6-12/h7-8,11-12H,2-6,9-10H2,1H3,(H,18,21)(H,19,22). The highest BCUT2D eigenvalue weighted by atomic mass is 32.2. The maximum atomic E-state index is 12.1. The molecule has 26 heavy (non-hydrogen) atoms. The maximum absolute atomic E-state index is 12.1. The number of methoxy groups -OCH3 is 1. The topological polar surface area (TPSA) is 105 Å². The smallest absolute Gasteiger partial charge is 0.313 e. The van der Waals surface area contributed by atoms with Crippen molar-refractivity contribution < 1.29 is 22.7 Å². The normalized spacial score (nSPS) is 19.3. The Hall–Kier alpha value is -2.29. The molecule has 0 bridgehead atoms. The van der Waals surface area contributed by atoms with Gasteiger partial charge in [0.05, 0.1) is 24.2 Å². The summed E-state index contributed by atoms with van der Waals surface area (Å²) in [5.41, 5.74) is 0.798. The minimum absolute atomic E-state index is 0.0536. The fourth-order valence-corrected chi connectivity index (χ4v) is 4.92. The number of sulfonamides is 1. The summed E-state index contributed by atoms with van der Waals surface area (Å²) in [5, 5.41) is 5.25. The zero-order valence-electron chi connectivity index (χ0n) is 14.7. The van der Waals surface area contributed by atoms with Crippen molar-refractivity contribution in [2.45, 2.75) is 38.1 Å². The first-order valence-electron chi connectivity index (χ1n) is 8.71. The zero-order chi connectivity index (χ0) is 18.7. The van der Waals surface area contributed by atoms with Gasteiger partial charge in [0.1, 0.15) is 5.75 Å². The predicted molar refractivity (Wildman–Crippen MR) is 97.8 cm³/mol. The Labute approximate surface area is 152 Å². The largest absolute Gasteiger partial charge is 0.494 e. The van der Waals surface area contributed by atoms with Crippen LogP contribution in [0.25, 0.3) is 0 Å². The van der Waals surface area contributed by atoms with Crippen LogP contribution in [-0.2, 0) is 19.6 Å². The molecular formula is C17H23N3O5S. The molecule has 1 aliphatic carbocycles. The third-order valence-electron chi connectivity index (χ3n) is 4.72. The second-order valence-electron chi connectivity index (χ2n) is 6.54. The summed E-state index contributed by atoms with van der Waals surface area (Å²) < 4.78 is 30.7. The molecule has 0 aromatic heterocycles. The van der Waals surface area contributed by atoms with Crippen LogP contribution in [0.3, 0.4) is 0 Å². The molecule has 0 atom stereocenters. The van der Waals surface area contributed by atoms with Crippen LogP contribution in [0, 0.1) is 0 Å². The average molecular weight is 381 g/mol. The minimum atomic E-state index is -3.30. The number of ether oxygens (including phenoxy) is 1. The van der Waals surface area contributed by atoms with Crippen molar-refractivity contribution in [3.63, 3.8) is 0 Å². The first-order chi connectivity index (χ1) is 12.4. The Morgan fingerprint density at radius 1 is 1.15 bits per heavy atom. The Bertz CT molecular complexity index is 803. The van der Waals surface area contributed by atoms with Crippen LogP contribution in [0.15, 0.2) is 18.2 Å². The molecule has 0 unspecified atom stereocenters. The monoisotopic (exact) mass is 381 g/mol. The first-order valence-corrected chi connectivity index (χ1v) is 10.3. The highest BCUT2D eigenvalue weighted by Gasteiger charge is 2.29. The minimum Gasteiger partial charge on any atom is -0.494 e. The molecule has 0 spiro atoms. The third kappa shape index (κ3) is 3.92. The van der Waals surface area contributed by atoms with E-state index in [4.69, 9.17) is 4.74 Å². The number of rotatable bonds is 4. The quantitative estimate of drug-likeness (QED) is 0.764.